The maximum absolute atomic E-state index is 12.9. The maximum atomic E-state index is 12.9. The Labute approximate surface area is 194 Å². The highest BCUT2D eigenvalue weighted by atomic mass is 16.6. The Kier molecular flexibility index (Phi) is 4.48. The van der Waals surface area contributed by atoms with Crippen LogP contribution in [0, 0.1) is 5.41 Å². The lowest BCUT2D eigenvalue weighted by molar-refractivity contribution is -0.143. The Bertz CT molecular complexity index is 1400. The van der Waals surface area contributed by atoms with Crippen LogP contribution >= 0.6 is 0 Å². The minimum atomic E-state index is -1.51. The summed E-state index contributed by atoms with van der Waals surface area (Å²) < 4.78 is 17.4. The first kappa shape index (κ1) is 21.5. The molecule has 5 rings (SSSR count). The zero-order chi connectivity index (χ0) is 24.4. The van der Waals surface area contributed by atoms with E-state index in [1.807, 2.05) is 0 Å². The number of benzene rings is 3. The Morgan fingerprint density at radius 1 is 0.971 bits per heavy atom. The highest BCUT2D eigenvalue weighted by molar-refractivity contribution is 5.99. The molecule has 1 atom stereocenters. The van der Waals surface area contributed by atoms with Gasteiger partial charge in [-0.05, 0) is 51.1 Å². The van der Waals surface area contributed by atoms with E-state index in [-0.39, 0.29) is 22.8 Å². The number of hydrogen-bond acceptors (Lipinski definition) is 7. The minimum absolute atomic E-state index is 0.129. The summed E-state index contributed by atoms with van der Waals surface area (Å²) in [5.74, 6) is -2.83. The van der Waals surface area contributed by atoms with E-state index >= 15 is 0 Å². The summed E-state index contributed by atoms with van der Waals surface area (Å²) in [6.07, 6.45) is 0. The molecule has 1 unspecified atom stereocenters. The molecule has 0 amide bonds. The average Bonchev–Trinajstić information content (AvgIpc) is 3.06. The number of rotatable bonds is 2. The number of ether oxygens (including phenoxy) is 3. The first-order valence-electron chi connectivity index (χ1n) is 10.5. The van der Waals surface area contributed by atoms with Crippen molar-refractivity contribution >= 4 is 17.9 Å². The predicted molar refractivity (Wildman–Crippen MR) is 118 cm³/mol. The highest BCUT2D eigenvalue weighted by Gasteiger charge is 2.54. The van der Waals surface area contributed by atoms with Crippen molar-refractivity contribution < 1.29 is 38.8 Å². The SMILES string of the molecule is CC(C)(C)C(=O)Oc1ccc2c(c1)Oc1c(ccc(O)c1C(=O)O)C21OC(=O)c2ccccc21. The first-order chi connectivity index (χ1) is 16.0. The summed E-state index contributed by atoms with van der Waals surface area (Å²) >= 11 is 0. The zero-order valence-electron chi connectivity index (χ0n) is 18.5. The molecule has 0 aromatic heterocycles. The molecule has 8 heteroatoms. The molecule has 0 radical (unpaired) electrons. The van der Waals surface area contributed by atoms with E-state index in [0.717, 1.165) is 0 Å². The van der Waals surface area contributed by atoms with Crippen molar-refractivity contribution in [2.75, 3.05) is 0 Å². The molecule has 34 heavy (non-hydrogen) atoms. The molecular weight excluding hydrogens is 440 g/mol. The Hall–Kier alpha value is -4.33. The monoisotopic (exact) mass is 460 g/mol. The number of aromatic hydroxyl groups is 1. The number of fused-ring (bicyclic) bond motifs is 6. The third kappa shape index (κ3) is 2.95. The largest absolute Gasteiger partial charge is 0.507 e. The number of carbonyl (C=O) groups excluding carboxylic acids is 2. The van der Waals surface area contributed by atoms with Gasteiger partial charge in [-0.3, -0.25) is 4.79 Å². The fraction of sp³-hybridized carbons (Fsp3) is 0.192. The molecule has 0 aliphatic carbocycles. The van der Waals surface area contributed by atoms with E-state index in [2.05, 4.69) is 0 Å². The molecule has 0 saturated heterocycles. The molecule has 3 aromatic rings. The van der Waals surface area contributed by atoms with Gasteiger partial charge in [-0.25, -0.2) is 9.59 Å². The number of esters is 2. The summed E-state index contributed by atoms with van der Waals surface area (Å²) in [5, 5.41) is 20.1. The van der Waals surface area contributed by atoms with Crippen LogP contribution in [0.3, 0.4) is 0 Å². The van der Waals surface area contributed by atoms with E-state index in [1.54, 1.807) is 57.2 Å². The van der Waals surface area contributed by atoms with Crippen LogP contribution in [-0.4, -0.2) is 28.1 Å². The first-order valence-corrected chi connectivity index (χ1v) is 10.5. The summed E-state index contributed by atoms with van der Waals surface area (Å²) in [6, 6.07) is 14.1. The van der Waals surface area contributed by atoms with Crippen LogP contribution in [0.1, 0.15) is 58.2 Å². The molecule has 172 valence electrons. The van der Waals surface area contributed by atoms with Crippen LogP contribution in [-0.2, 0) is 15.1 Å². The normalized spacial score (nSPS) is 17.8. The van der Waals surface area contributed by atoms with Gasteiger partial charge in [-0.1, -0.05) is 18.2 Å². The van der Waals surface area contributed by atoms with Gasteiger partial charge in [0.15, 0.2) is 11.4 Å². The standard InChI is InChI=1S/C26H20O8/c1-25(2,3)24(31)32-13-8-9-16-19(12-13)33-21-17(10-11-18(27)20(21)22(28)29)26(16)15-7-5-4-6-14(15)23(30)34-26/h4-12,27H,1-3H3,(H,28,29). The topological polar surface area (TPSA) is 119 Å². The van der Waals surface area contributed by atoms with Crippen LogP contribution < -0.4 is 9.47 Å². The van der Waals surface area contributed by atoms with Crippen molar-refractivity contribution in [1.29, 1.82) is 0 Å². The second-order valence-corrected chi connectivity index (χ2v) is 9.16. The molecule has 0 saturated carbocycles. The lowest BCUT2D eigenvalue weighted by Gasteiger charge is -2.37. The van der Waals surface area contributed by atoms with E-state index in [4.69, 9.17) is 14.2 Å². The molecule has 2 N–H and O–H groups in total. The Balaban J connectivity index is 1.78. The fourth-order valence-corrected chi connectivity index (χ4v) is 4.24. The lowest BCUT2D eigenvalue weighted by atomic mass is 9.77. The maximum Gasteiger partial charge on any atom is 0.343 e. The number of hydrogen-bond donors (Lipinski definition) is 2. The molecule has 0 fully saturated rings. The fourth-order valence-electron chi connectivity index (χ4n) is 4.24. The van der Waals surface area contributed by atoms with Crippen LogP contribution in [0.4, 0.5) is 0 Å². The van der Waals surface area contributed by atoms with Gasteiger partial charge in [0.05, 0.1) is 11.0 Å². The van der Waals surface area contributed by atoms with Gasteiger partial charge in [-0.2, -0.15) is 0 Å². The molecule has 2 aliphatic heterocycles. The lowest BCUT2D eigenvalue weighted by Crippen LogP contribution is -2.33. The minimum Gasteiger partial charge on any atom is -0.507 e. The second kappa shape index (κ2) is 7.08. The molecule has 0 bridgehead atoms. The number of phenols is 1. The van der Waals surface area contributed by atoms with Gasteiger partial charge in [-0.15, -0.1) is 0 Å². The molecule has 2 heterocycles. The van der Waals surface area contributed by atoms with Gasteiger partial charge in [0.1, 0.15) is 22.8 Å². The number of aromatic carboxylic acids is 1. The van der Waals surface area contributed by atoms with Gasteiger partial charge in [0.2, 0.25) is 0 Å². The van der Waals surface area contributed by atoms with Crippen molar-refractivity contribution in [3.63, 3.8) is 0 Å². The Morgan fingerprint density at radius 2 is 1.68 bits per heavy atom. The molecule has 1 spiro atoms. The van der Waals surface area contributed by atoms with E-state index < -0.39 is 40.2 Å². The van der Waals surface area contributed by atoms with Gasteiger partial charge in [0.25, 0.3) is 0 Å². The van der Waals surface area contributed by atoms with Crippen molar-refractivity contribution in [3.8, 4) is 23.0 Å². The van der Waals surface area contributed by atoms with Crippen molar-refractivity contribution in [1.82, 2.24) is 0 Å². The summed E-state index contributed by atoms with van der Waals surface area (Å²) in [6.45, 7) is 5.14. The van der Waals surface area contributed by atoms with Crippen molar-refractivity contribution in [3.05, 3.63) is 82.4 Å². The molecule has 2 aliphatic rings. The van der Waals surface area contributed by atoms with E-state index in [9.17, 15) is 24.6 Å². The number of carboxylic acids is 1. The zero-order valence-corrected chi connectivity index (χ0v) is 18.5. The third-order valence-electron chi connectivity index (χ3n) is 5.87. The average molecular weight is 460 g/mol. The summed E-state index contributed by atoms with van der Waals surface area (Å²) in [5.41, 5.74) is -1.22. The van der Waals surface area contributed by atoms with Crippen LogP contribution in [0.25, 0.3) is 0 Å². The second-order valence-electron chi connectivity index (χ2n) is 9.16. The summed E-state index contributed by atoms with van der Waals surface area (Å²) in [4.78, 5) is 37.3. The van der Waals surface area contributed by atoms with Gasteiger partial charge < -0.3 is 24.4 Å². The number of carboxylic acid groups (broad SMARTS) is 1. The smallest absolute Gasteiger partial charge is 0.343 e. The van der Waals surface area contributed by atoms with E-state index in [0.29, 0.717) is 16.7 Å². The van der Waals surface area contributed by atoms with Crippen molar-refractivity contribution in [2.24, 2.45) is 5.41 Å². The molecular formula is C26H20O8. The molecule has 8 nitrogen and oxygen atoms in total. The summed E-state index contributed by atoms with van der Waals surface area (Å²) in [7, 11) is 0. The van der Waals surface area contributed by atoms with E-state index in [1.165, 1.54) is 18.2 Å². The van der Waals surface area contributed by atoms with Gasteiger partial charge >= 0.3 is 17.9 Å². The third-order valence-corrected chi connectivity index (χ3v) is 5.87. The van der Waals surface area contributed by atoms with Crippen molar-refractivity contribution in [2.45, 2.75) is 26.4 Å². The highest BCUT2D eigenvalue weighted by Crippen LogP contribution is 2.58. The van der Waals surface area contributed by atoms with Gasteiger partial charge in [0, 0.05) is 22.8 Å². The van der Waals surface area contributed by atoms with Crippen LogP contribution in [0.5, 0.6) is 23.0 Å². The Morgan fingerprint density at radius 3 is 2.38 bits per heavy atom. The van der Waals surface area contributed by atoms with Crippen LogP contribution in [0.15, 0.2) is 54.6 Å². The number of carbonyl (C=O) groups is 3. The van der Waals surface area contributed by atoms with Crippen LogP contribution in [0.2, 0.25) is 0 Å². The quantitative estimate of drug-likeness (QED) is 0.420. The predicted octanol–water partition coefficient (Wildman–Crippen LogP) is 4.61. The molecule has 3 aromatic carbocycles.